The molecule has 0 radical (unpaired) electrons. The quantitative estimate of drug-likeness (QED) is 0.746. The molecule has 0 fully saturated rings. The van der Waals surface area contributed by atoms with Crippen LogP contribution >= 0.6 is 23.2 Å². The zero-order valence-electron chi connectivity index (χ0n) is 12.7. The molecule has 118 valence electrons. The van der Waals surface area contributed by atoms with Crippen molar-refractivity contribution in [1.29, 1.82) is 0 Å². The molecule has 3 aromatic rings. The number of carbonyl (C=O) groups is 1. The van der Waals surface area contributed by atoms with E-state index < -0.39 is 0 Å². The van der Waals surface area contributed by atoms with Gasteiger partial charge >= 0.3 is 0 Å². The van der Waals surface area contributed by atoms with Crippen LogP contribution in [0, 0.1) is 0 Å². The van der Waals surface area contributed by atoms with Gasteiger partial charge in [0, 0.05) is 35.5 Å². The largest absolute Gasteiger partial charge is 0.335 e. The van der Waals surface area contributed by atoms with Gasteiger partial charge in [-0.05, 0) is 36.2 Å². The molecule has 1 aromatic carbocycles. The topological polar surface area (TPSA) is 46.9 Å². The van der Waals surface area contributed by atoms with Crippen molar-refractivity contribution in [3.8, 4) is 0 Å². The number of benzene rings is 1. The number of aryl methyl sites for hydroxylation is 2. The zero-order chi connectivity index (χ0) is 16.6. The molecule has 0 saturated heterocycles. The molecule has 0 aliphatic carbocycles. The number of nitrogens with one attached hydrogen (secondary N) is 1. The average molecular weight is 348 g/mol. The van der Waals surface area contributed by atoms with Gasteiger partial charge in [0.05, 0.1) is 10.6 Å². The van der Waals surface area contributed by atoms with Crippen molar-refractivity contribution in [3.05, 3.63) is 57.8 Å². The molecule has 4 nitrogen and oxygen atoms in total. The Hall–Kier alpha value is -2.04. The van der Waals surface area contributed by atoms with Gasteiger partial charge in [-0.1, -0.05) is 30.1 Å². The van der Waals surface area contributed by atoms with Gasteiger partial charge in [0.25, 0.3) is 5.91 Å². The van der Waals surface area contributed by atoms with E-state index in [0.29, 0.717) is 21.3 Å². The summed E-state index contributed by atoms with van der Waals surface area (Å²) >= 11 is 12.3. The normalized spacial score (nSPS) is 11.0. The molecule has 0 aliphatic heterocycles. The third-order valence-corrected chi connectivity index (χ3v) is 4.37. The van der Waals surface area contributed by atoms with Crippen molar-refractivity contribution in [2.24, 2.45) is 7.05 Å². The maximum atomic E-state index is 12.5. The highest BCUT2D eigenvalue weighted by molar-refractivity contribution is 6.39. The Balaban J connectivity index is 2.00. The Kier molecular flexibility index (Phi) is 4.28. The summed E-state index contributed by atoms with van der Waals surface area (Å²) in [5.74, 6) is -0.294. The van der Waals surface area contributed by atoms with E-state index >= 15 is 0 Å². The third-order valence-electron chi connectivity index (χ3n) is 3.73. The SMILES string of the molecule is CCc1cn(C)c2ncc(C(=O)Nc3ccc(Cl)cc3)c(Cl)c12. The van der Waals surface area contributed by atoms with Gasteiger partial charge in [-0.25, -0.2) is 4.98 Å². The molecule has 6 heteroatoms. The smallest absolute Gasteiger partial charge is 0.258 e. The van der Waals surface area contributed by atoms with Gasteiger partial charge in [-0.2, -0.15) is 0 Å². The Morgan fingerprint density at radius 1 is 1.26 bits per heavy atom. The number of amides is 1. The first-order valence-corrected chi connectivity index (χ1v) is 7.96. The Bertz CT molecular complexity index is 885. The van der Waals surface area contributed by atoms with Crippen molar-refractivity contribution in [2.75, 3.05) is 5.32 Å². The van der Waals surface area contributed by atoms with E-state index in [1.807, 2.05) is 24.7 Å². The Morgan fingerprint density at radius 3 is 2.61 bits per heavy atom. The number of pyridine rings is 1. The van der Waals surface area contributed by atoms with Gasteiger partial charge < -0.3 is 9.88 Å². The van der Waals surface area contributed by atoms with Crippen LogP contribution in [0.5, 0.6) is 0 Å². The van der Waals surface area contributed by atoms with Crippen LogP contribution in [-0.4, -0.2) is 15.5 Å². The second-order valence-corrected chi connectivity index (χ2v) is 6.08. The lowest BCUT2D eigenvalue weighted by Gasteiger charge is -2.08. The fraction of sp³-hybridized carbons (Fsp3) is 0.176. The first kappa shape index (κ1) is 15.8. The van der Waals surface area contributed by atoms with Gasteiger partial charge in [0.2, 0.25) is 0 Å². The number of nitrogens with zero attached hydrogens (tertiary/aromatic N) is 2. The van der Waals surface area contributed by atoms with Crippen molar-refractivity contribution >= 4 is 45.8 Å². The lowest BCUT2D eigenvalue weighted by molar-refractivity contribution is 0.102. The molecule has 0 atom stereocenters. The highest BCUT2D eigenvalue weighted by Gasteiger charge is 2.18. The molecule has 3 rings (SSSR count). The summed E-state index contributed by atoms with van der Waals surface area (Å²) in [7, 11) is 1.91. The number of anilines is 1. The Labute approximate surface area is 144 Å². The van der Waals surface area contributed by atoms with Crippen molar-refractivity contribution in [2.45, 2.75) is 13.3 Å². The summed E-state index contributed by atoms with van der Waals surface area (Å²) in [5.41, 5.74) is 2.85. The number of fused-ring (bicyclic) bond motifs is 1. The van der Waals surface area contributed by atoms with Gasteiger partial charge in [0.15, 0.2) is 0 Å². The number of hydrogen-bond donors (Lipinski definition) is 1. The lowest BCUT2D eigenvalue weighted by atomic mass is 10.1. The molecule has 2 aromatic heterocycles. The summed E-state index contributed by atoms with van der Waals surface area (Å²) < 4.78 is 1.92. The van der Waals surface area contributed by atoms with Crippen molar-refractivity contribution < 1.29 is 4.79 Å². The summed E-state index contributed by atoms with van der Waals surface area (Å²) in [4.78, 5) is 16.9. The fourth-order valence-corrected chi connectivity index (χ4v) is 3.02. The van der Waals surface area contributed by atoms with Crippen LogP contribution in [0.3, 0.4) is 0 Å². The molecule has 2 heterocycles. The van der Waals surface area contributed by atoms with Crippen molar-refractivity contribution in [1.82, 2.24) is 9.55 Å². The third kappa shape index (κ3) is 2.92. The molecular formula is C17H15Cl2N3O. The molecule has 0 bridgehead atoms. The number of hydrogen-bond acceptors (Lipinski definition) is 2. The zero-order valence-corrected chi connectivity index (χ0v) is 14.2. The average Bonchev–Trinajstić information content (AvgIpc) is 2.87. The molecule has 1 amide bonds. The Morgan fingerprint density at radius 2 is 1.96 bits per heavy atom. The molecule has 23 heavy (non-hydrogen) atoms. The molecule has 0 aliphatic rings. The standard InChI is InChI=1S/C17H15Cl2N3O/c1-3-10-9-22(2)16-14(10)15(19)13(8-20-16)17(23)21-12-6-4-11(18)5-7-12/h4-9H,3H2,1-2H3,(H,21,23). The molecule has 0 spiro atoms. The highest BCUT2D eigenvalue weighted by atomic mass is 35.5. The van der Waals surface area contributed by atoms with E-state index in [-0.39, 0.29) is 5.91 Å². The van der Waals surface area contributed by atoms with Gasteiger partial charge in [-0.15, -0.1) is 0 Å². The van der Waals surface area contributed by atoms with Crippen LogP contribution in [0.4, 0.5) is 5.69 Å². The summed E-state index contributed by atoms with van der Waals surface area (Å²) in [6, 6.07) is 6.90. The van der Waals surface area contributed by atoms with Crippen molar-refractivity contribution in [3.63, 3.8) is 0 Å². The summed E-state index contributed by atoms with van der Waals surface area (Å²) in [6.07, 6.45) is 4.32. The van der Waals surface area contributed by atoms with Crippen LogP contribution in [0.2, 0.25) is 10.0 Å². The van der Waals surface area contributed by atoms with Crippen LogP contribution < -0.4 is 5.32 Å². The number of halogens is 2. The molecule has 0 unspecified atom stereocenters. The second kappa shape index (κ2) is 6.22. The maximum Gasteiger partial charge on any atom is 0.258 e. The van der Waals surface area contributed by atoms with Crippen LogP contribution in [-0.2, 0) is 13.5 Å². The van der Waals surface area contributed by atoms with E-state index in [9.17, 15) is 4.79 Å². The van der Waals surface area contributed by atoms with E-state index in [1.54, 1.807) is 24.3 Å². The summed E-state index contributed by atoms with van der Waals surface area (Å²) in [5, 5.41) is 4.68. The monoisotopic (exact) mass is 347 g/mol. The van der Waals surface area contributed by atoms with Gasteiger partial charge in [-0.3, -0.25) is 4.79 Å². The van der Waals surface area contributed by atoms with E-state index in [4.69, 9.17) is 23.2 Å². The number of aromatic nitrogens is 2. The van der Waals surface area contributed by atoms with Gasteiger partial charge in [0.1, 0.15) is 5.65 Å². The predicted molar refractivity (Wildman–Crippen MR) is 94.5 cm³/mol. The maximum absolute atomic E-state index is 12.5. The minimum atomic E-state index is -0.294. The summed E-state index contributed by atoms with van der Waals surface area (Å²) in [6.45, 7) is 2.05. The van der Waals surface area contributed by atoms with Crippen LogP contribution in [0.25, 0.3) is 11.0 Å². The molecule has 1 N–H and O–H groups in total. The molecule has 0 saturated carbocycles. The number of rotatable bonds is 3. The fourth-order valence-electron chi connectivity index (χ4n) is 2.55. The van der Waals surface area contributed by atoms with Crippen LogP contribution in [0.1, 0.15) is 22.8 Å². The van der Waals surface area contributed by atoms with E-state index in [1.165, 1.54) is 6.20 Å². The number of carbonyl (C=O) groups excluding carboxylic acids is 1. The van der Waals surface area contributed by atoms with Crippen LogP contribution in [0.15, 0.2) is 36.7 Å². The first-order chi connectivity index (χ1) is 11.0. The second-order valence-electron chi connectivity index (χ2n) is 5.26. The van der Waals surface area contributed by atoms with E-state index in [0.717, 1.165) is 23.0 Å². The minimum Gasteiger partial charge on any atom is -0.335 e. The molecular weight excluding hydrogens is 333 g/mol. The van der Waals surface area contributed by atoms with E-state index in [2.05, 4.69) is 10.3 Å². The predicted octanol–water partition coefficient (Wildman–Crippen LogP) is 4.69. The lowest BCUT2D eigenvalue weighted by Crippen LogP contribution is -2.13. The first-order valence-electron chi connectivity index (χ1n) is 7.20. The minimum absolute atomic E-state index is 0.294. The highest BCUT2D eigenvalue weighted by Crippen LogP contribution is 2.30.